The van der Waals surface area contributed by atoms with Gasteiger partial charge in [0.15, 0.2) is 23.0 Å². The van der Waals surface area contributed by atoms with Crippen LogP contribution in [0.2, 0.25) is 0 Å². The SMILES string of the molecule is COc1ccc(C(=O)N(C/C(C)=C/c2ccc(F)cc2F)CC2CCCN2)cc1OC.COc1ccc(C(=O)N(C/C(C)=C/c2ccc(F)cc2F)CC2CCCN2CC2CCC(NC(=O)OC(C)(C)C)CC2)cc1OC. The second-order valence-corrected chi connectivity index (χ2v) is 21.3. The van der Waals surface area contributed by atoms with Crippen molar-refractivity contribution in [2.75, 3.05) is 74.3 Å². The van der Waals surface area contributed by atoms with Gasteiger partial charge in [-0.1, -0.05) is 23.3 Å². The van der Waals surface area contributed by atoms with Crippen molar-refractivity contribution >= 4 is 30.1 Å². The fourth-order valence-corrected chi connectivity index (χ4v) is 10.3. The molecular formula is C60H77F4N5O8. The molecule has 2 atom stereocenters. The average molecular weight is 1070 g/mol. The number of hydrogen-bond donors (Lipinski definition) is 2. The van der Waals surface area contributed by atoms with Gasteiger partial charge in [0.1, 0.15) is 28.9 Å². The highest BCUT2D eigenvalue weighted by atomic mass is 19.1. The van der Waals surface area contributed by atoms with Crippen molar-refractivity contribution < 1.29 is 55.6 Å². The predicted octanol–water partition coefficient (Wildman–Crippen LogP) is 11.4. The number of alkyl carbamates (subject to hydrolysis) is 1. The second-order valence-electron chi connectivity index (χ2n) is 21.3. The fraction of sp³-hybridized carbons (Fsp3) is 0.483. The summed E-state index contributed by atoms with van der Waals surface area (Å²) >= 11 is 0. The van der Waals surface area contributed by atoms with E-state index in [0.717, 1.165) is 94.3 Å². The van der Waals surface area contributed by atoms with E-state index in [1.54, 1.807) is 67.7 Å². The van der Waals surface area contributed by atoms with Crippen LogP contribution in [0.25, 0.3) is 12.2 Å². The Labute approximate surface area is 451 Å². The first-order chi connectivity index (χ1) is 36.7. The zero-order valence-corrected chi connectivity index (χ0v) is 46.1. The Balaban J connectivity index is 0.000000269. The standard InChI is InChI=1S/C36H49F2N3O5.C24H28F2N2O3/c1-24(18-26-11-13-28(37)20-31(26)38)21-41(34(42)27-12-16-32(44-5)33(19-27)45-6)23-30-8-7-17-40(30)22-25-9-14-29(15-10-25)39-35(43)46-36(2,3)4;1-16(11-17-6-8-19(25)13-21(17)26)14-28(15-20-5-4-10-27-20)24(29)18-7-9-22(30-2)23(12-18)31-3/h11-13,16,18-20,25,29-30H,7-10,14-15,17,21-23H2,1-6H3,(H,39,43);6-9,11-13,20,27H,4-5,10,14-15H2,1-3H3/b24-18+;16-11+. The molecular weight excluding hydrogens is 995 g/mol. The summed E-state index contributed by atoms with van der Waals surface area (Å²) in [5.74, 6) is -0.300. The number of amides is 3. The zero-order chi connectivity index (χ0) is 55.8. The summed E-state index contributed by atoms with van der Waals surface area (Å²) in [5.41, 5.74) is 2.56. The van der Waals surface area contributed by atoms with Crippen LogP contribution in [0.3, 0.4) is 0 Å². The Morgan fingerprint density at radius 3 is 1.61 bits per heavy atom. The number of benzene rings is 4. The molecule has 2 unspecified atom stereocenters. The van der Waals surface area contributed by atoms with Gasteiger partial charge in [-0.15, -0.1) is 0 Å². The number of methoxy groups -OCH3 is 4. The fourth-order valence-electron chi connectivity index (χ4n) is 10.3. The second kappa shape index (κ2) is 28.2. The molecule has 2 heterocycles. The smallest absolute Gasteiger partial charge is 0.407 e. The highest BCUT2D eigenvalue weighted by Crippen LogP contribution is 2.32. The quantitative estimate of drug-likeness (QED) is 0.0875. The van der Waals surface area contributed by atoms with Crippen LogP contribution in [0.4, 0.5) is 22.4 Å². The van der Waals surface area contributed by atoms with Crippen molar-refractivity contribution in [1.82, 2.24) is 25.3 Å². The Bertz CT molecular complexity index is 2700. The van der Waals surface area contributed by atoms with Gasteiger partial charge in [0, 0.05) is 85.2 Å². The van der Waals surface area contributed by atoms with E-state index in [9.17, 15) is 31.9 Å². The lowest BCUT2D eigenvalue weighted by Gasteiger charge is -2.36. The number of halogens is 4. The molecule has 3 fully saturated rings. The van der Waals surface area contributed by atoms with E-state index >= 15 is 0 Å². The van der Waals surface area contributed by atoms with Gasteiger partial charge in [0.2, 0.25) is 0 Å². The first-order valence-corrected chi connectivity index (χ1v) is 26.5. The lowest BCUT2D eigenvalue weighted by molar-refractivity contribution is 0.0480. The normalized spacial score (nSPS) is 18.9. The van der Waals surface area contributed by atoms with E-state index < -0.39 is 28.9 Å². The Morgan fingerprint density at radius 2 is 1.16 bits per heavy atom. The van der Waals surface area contributed by atoms with Crippen molar-refractivity contribution in [2.45, 2.75) is 110 Å². The average Bonchev–Trinajstić information content (AvgIpc) is 4.09. The summed E-state index contributed by atoms with van der Waals surface area (Å²) in [6, 6.07) is 17.7. The van der Waals surface area contributed by atoms with Crippen molar-refractivity contribution in [2.24, 2.45) is 5.92 Å². The molecule has 2 N–H and O–H groups in total. The molecule has 13 nitrogen and oxygen atoms in total. The van der Waals surface area contributed by atoms with Gasteiger partial charge in [0.05, 0.1) is 28.4 Å². The van der Waals surface area contributed by atoms with Crippen molar-refractivity contribution in [3.05, 3.63) is 129 Å². The zero-order valence-electron chi connectivity index (χ0n) is 46.1. The molecule has 2 saturated heterocycles. The molecule has 4 aromatic rings. The van der Waals surface area contributed by atoms with Gasteiger partial charge in [0.25, 0.3) is 11.8 Å². The number of nitrogens with one attached hydrogen (secondary N) is 2. The predicted molar refractivity (Wildman–Crippen MR) is 292 cm³/mol. The van der Waals surface area contributed by atoms with Gasteiger partial charge in [-0.2, -0.15) is 0 Å². The molecule has 0 radical (unpaired) electrons. The summed E-state index contributed by atoms with van der Waals surface area (Å²) < 4.78 is 82.0. The first-order valence-electron chi connectivity index (χ1n) is 26.5. The van der Waals surface area contributed by atoms with E-state index in [4.69, 9.17) is 23.7 Å². The minimum absolute atomic E-state index is 0.121. The molecule has 0 bridgehead atoms. The molecule has 17 heteroatoms. The van der Waals surface area contributed by atoms with Gasteiger partial charge in [-0.25, -0.2) is 22.4 Å². The van der Waals surface area contributed by atoms with Crippen LogP contribution in [-0.4, -0.2) is 131 Å². The van der Waals surface area contributed by atoms with Crippen LogP contribution in [0.1, 0.15) is 118 Å². The highest BCUT2D eigenvalue weighted by Gasteiger charge is 2.33. The molecule has 1 saturated carbocycles. The Morgan fingerprint density at radius 1 is 0.649 bits per heavy atom. The minimum atomic E-state index is -0.643. The Hall–Kier alpha value is -6.59. The number of nitrogens with zero attached hydrogens (tertiary/aromatic N) is 3. The number of ether oxygens (including phenoxy) is 5. The number of hydrogen-bond acceptors (Lipinski definition) is 10. The van der Waals surface area contributed by atoms with Crippen LogP contribution in [-0.2, 0) is 4.74 Å². The number of rotatable bonds is 19. The third-order valence-electron chi connectivity index (χ3n) is 14.0. The summed E-state index contributed by atoms with van der Waals surface area (Å²) in [5, 5.41) is 6.44. The summed E-state index contributed by atoms with van der Waals surface area (Å²) in [6.07, 6.45) is 10.9. The van der Waals surface area contributed by atoms with Gasteiger partial charge in [-0.3, -0.25) is 14.5 Å². The summed E-state index contributed by atoms with van der Waals surface area (Å²) in [6.45, 7) is 13.8. The molecule has 77 heavy (non-hydrogen) atoms. The molecule has 0 spiro atoms. The molecule has 7 rings (SSSR count). The van der Waals surface area contributed by atoms with E-state index in [0.29, 0.717) is 59.7 Å². The highest BCUT2D eigenvalue weighted by molar-refractivity contribution is 5.96. The molecule has 418 valence electrons. The maximum atomic E-state index is 14.5. The van der Waals surface area contributed by atoms with Crippen LogP contribution in [0.5, 0.6) is 23.0 Å². The minimum Gasteiger partial charge on any atom is -0.493 e. The maximum Gasteiger partial charge on any atom is 0.407 e. The third-order valence-corrected chi connectivity index (χ3v) is 14.0. The number of carbonyl (C=O) groups is 3. The summed E-state index contributed by atoms with van der Waals surface area (Å²) in [4.78, 5) is 45.7. The van der Waals surface area contributed by atoms with E-state index in [-0.39, 0.29) is 53.7 Å². The largest absolute Gasteiger partial charge is 0.493 e. The van der Waals surface area contributed by atoms with Crippen LogP contribution < -0.4 is 29.6 Å². The van der Waals surface area contributed by atoms with Gasteiger partial charge in [-0.05, 0) is 166 Å². The van der Waals surface area contributed by atoms with Crippen LogP contribution >= 0.6 is 0 Å². The third kappa shape index (κ3) is 17.7. The first kappa shape index (κ1) is 59.7. The molecule has 3 amide bonds. The molecule has 1 aliphatic carbocycles. The maximum absolute atomic E-state index is 14.5. The van der Waals surface area contributed by atoms with E-state index in [1.807, 2.05) is 39.5 Å². The molecule has 0 aromatic heterocycles. The lowest BCUT2D eigenvalue weighted by atomic mass is 9.85. The Kier molecular flexibility index (Phi) is 21.8. The van der Waals surface area contributed by atoms with E-state index in [2.05, 4.69) is 15.5 Å². The molecule has 3 aliphatic rings. The lowest BCUT2D eigenvalue weighted by Crippen LogP contribution is -2.46. The van der Waals surface area contributed by atoms with Crippen molar-refractivity contribution in [3.8, 4) is 23.0 Å². The van der Waals surface area contributed by atoms with Gasteiger partial charge < -0.3 is 44.1 Å². The van der Waals surface area contributed by atoms with E-state index in [1.165, 1.54) is 38.5 Å². The number of likely N-dealkylation sites (tertiary alicyclic amines) is 1. The van der Waals surface area contributed by atoms with Crippen LogP contribution in [0, 0.1) is 29.2 Å². The summed E-state index contributed by atoms with van der Waals surface area (Å²) in [7, 11) is 6.15. The number of carbonyl (C=O) groups excluding carboxylic acids is 3. The molecule has 2 aliphatic heterocycles. The molecule has 4 aromatic carbocycles. The van der Waals surface area contributed by atoms with Crippen molar-refractivity contribution in [3.63, 3.8) is 0 Å². The topological polar surface area (TPSA) is 131 Å². The van der Waals surface area contributed by atoms with Crippen molar-refractivity contribution in [1.29, 1.82) is 0 Å². The monoisotopic (exact) mass is 1070 g/mol. The van der Waals surface area contributed by atoms with Crippen LogP contribution in [0.15, 0.2) is 83.9 Å². The van der Waals surface area contributed by atoms with Gasteiger partial charge >= 0.3 is 6.09 Å².